The van der Waals surface area contributed by atoms with Gasteiger partial charge in [0.1, 0.15) is 0 Å². The van der Waals surface area contributed by atoms with E-state index in [0.717, 1.165) is 0 Å². The predicted molar refractivity (Wildman–Crippen MR) is 46.5 cm³/mol. The molecule has 12 heavy (non-hydrogen) atoms. The van der Waals surface area contributed by atoms with Crippen molar-refractivity contribution in [1.82, 2.24) is 9.78 Å². The molecular formula is C7H11ClN2O2. The summed E-state index contributed by atoms with van der Waals surface area (Å²) in [5.74, 6) is -1.36. The SMILES string of the molecule is CC(C(=O)O)c1ccn(C)n1.Cl. The third kappa shape index (κ3) is 2.23. The van der Waals surface area contributed by atoms with E-state index < -0.39 is 11.9 Å². The van der Waals surface area contributed by atoms with Crippen molar-refractivity contribution >= 4 is 18.4 Å². The molecule has 1 N–H and O–H groups in total. The first-order valence-corrected chi connectivity index (χ1v) is 3.33. The van der Waals surface area contributed by atoms with Crippen molar-refractivity contribution in [2.75, 3.05) is 0 Å². The fraction of sp³-hybridized carbons (Fsp3) is 0.429. The van der Waals surface area contributed by atoms with Crippen molar-refractivity contribution in [3.8, 4) is 0 Å². The number of aliphatic carboxylic acids is 1. The summed E-state index contributed by atoms with van der Waals surface area (Å²) in [6, 6.07) is 1.71. The molecule has 1 heterocycles. The zero-order valence-corrected chi connectivity index (χ0v) is 7.71. The van der Waals surface area contributed by atoms with Gasteiger partial charge in [-0.05, 0) is 13.0 Å². The average molecular weight is 191 g/mol. The minimum Gasteiger partial charge on any atom is -0.481 e. The molecule has 1 aromatic heterocycles. The highest BCUT2D eigenvalue weighted by Crippen LogP contribution is 2.11. The number of carboxylic acid groups (broad SMARTS) is 1. The summed E-state index contributed by atoms with van der Waals surface area (Å²) >= 11 is 0. The van der Waals surface area contributed by atoms with Crippen LogP contribution in [0.2, 0.25) is 0 Å². The summed E-state index contributed by atoms with van der Waals surface area (Å²) in [4.78, 5) is 10.5. The van der Waals surface area contributed by atoms with Crippen LogP contribution in [-0.4, -0.2) is 20.9 Å². The Morgan fingerprint density at radius 2 is 2.33 bits per heavy atom. The molecule has 0 aliphatic carbocycles. The number of hydrogen-bond donors (Lipinski definition) is 1. The van der Waals surface area contributed by atoms with Crippen molar-refractivity contribution in [2.45, 2.75) is 12.8 Å². The van der Waals surface area contributed by atoms with E-state index in [0.29, 0.717) is 5.69 Å². The molecule has 1 atom stereocenters. The third-order valence-corrected chi connectivity index (χ3v) is 1.55. The maximum Gasteiger partial charge on any atom is 0.312 e. The van der Waals surface area contributed by atoms with Gasteiger partial charge in [-0.25, -0.2) is 0 Å². The molecule has 0 aliphatic rings. The molecule has 0 aliphatic heterocycles. The lowest BCUT2D eigenvalue weighted by Gasteiger charge is -1.99. The summed E-state index contributed by atoms with van der Waals surface area (Å²) in [5.41, 5.74) is 0.597. The fourth-order valence-electron chi connectivity index (χ4n) is 0.790. The van der Waals surface area contributed by atoms with Gasteiger partial charge in [-0.1, -0.05) is 0 Å². The maximum absolute atomic E-state index is 10.5. The first-order valence-electron chi connectivity index (χ1n) is 3.33. The van der Waals surface area contributed by atoms with Gasteiger partial charge in [0.25, 0.3) is 0 Å². The summed E-state index contributed by atoms with van der Waals surface area (Å²) in [7, 11) is 1.76. The molecule has 0 spiro atoms. The second kappa shape index (κ2) is 4.11. The molecule has 0 fully saturated rings. The van der Waals surface area contributed by atoms with Crippen LogP contribution in [0.15, 0.2) is 12.3 Å². The van der Waals surface area contributed by atoms with E-state index in [1.54, 1.807) is 30.9 Å². The molecule has 0 saturated carbocycles. The van der Waals surface area contributed by atoms with E-state index in [9.17, 15) is 4.79 Å². The van der Waals surface area contributed by atoms with Gasteiger partial charge in [0.2, 0.25) is 0 Å². The Morgan fingerprint density at radius 3 is 2.67 bits per heavy atom. The number of nitrogens with zero attached hydrogens (tertiary/aromatic N) is 2. The number of carboxylic acids is 1. The number of rotatable bonds is 2. The standard InChI is InChI=1S/C7H10N2O2.ClH/c1-5(7(10)11)6-3-4-9(2)8-6;/h3-5H,1-2H3,(H,10,11);1H. The summed E-state index contributed by atoms with van der Waals surface area (Å²) in [6.45, 7) is 1.62. The minimum atomic E-state index is -0.844. The largest absolute Gasteiger partial charge is 0.481 e. The second-order valence-electron chi connectivity index (χ2n) is 2.47. The van der Waals surface area contributed by atoms with Crippen LogP contribution < -0.4 is 0 Å². The third-order valence-electron chi connectivity index (χ3n) is 1.55. The molecule has 1 unspecified atom stereocenters. The molecule has 0 radical (unpaired) electrons. The Bertz CT molecular complexity index is 272. The Balaban J connectivity index is 0.00000121. The van der Waals surface area contributed by atoms with E-state index in [4.69, 9.17) is 5.11 Å². The van der Waals surface area contributed by atoms with Crippen molar-refractivity contribution in [3.63, 3.8) is 0 Å². The number of aryl methyl sites for hydroxylation is 1. The van der Waals surface area contributed by atoms with Crippen LogP contribution in [-0.2, 0) is 11.8 Å². The zero-order chi connectivity index (χ0) is 8.43. The normalized spacial score (nSPS) is 11.8. The molecule has 1 aromatic rings. The molecule has 0 saturated heterocycles. The van der Waals surface area contributed by atoms with Crippen molar-refractivity contribution in [3.05, 3.63) is 18.0 Å². The van der Waals surface area contributed by atoms with Gasteiger partial charge in [-0.2, -0.15) is 5.10 Å². The number of aromatic nitrogens is 2. The van der Waals surface area contributed by atoms with Crippen molar-refractivity contribution in [1.29, 1.82) is 0 Å². The lowest BCUT2D eigenvalue weighted by Crippen LogP contribution is -2.08. The van der Waals surface area contributed by atoms with E-state index in [2.05, 4.69) is 5.10 Å². The maximum atomic E-state index is 10.5. The van der Waals surface area contributed by atoms with Crippen LogP contribution in [0.1, 0.15) is 18.5 Å². The Kier molecular flexibility index (Phi) is 3.76. The molecular weight excluding hydrogens is 180 g/mol. The topological polar surface area (TPSA) is 55.1 Å². The van der Waals surface area contributed by atoms with Gasteiger partial charge in [-0.15, -0.1) is 12.4 Å². The van der Waals surface area contributed by atoms with Crippen molar-refractivity contribution < 1.29 is 9.90 Å². The van der Waals surface area contributed by atoms with Gasteiger partial charge < -0.3 is 5.11 Å². The Morgan fingerprint density at radius 1 is 1.75 bits per heavy atom. The first kappa shape index (κ1) is 11.0. The highest BCUT2D eigenvalue weighted by Gasteiger charge is 2.15. The molecule has 0 aromatic carbocycles. The molecule has 0 bridgehead atoms. The highest BCUT2D eigenvalue weighted by molar-refractivity contribution is 5.85. The van der Waals surface area contributed by atoms with Crippen LogP contribution in [0.5, 0.6) is 0 Å². The van der Waals surface area contributed by atoms with E-state index in [1.807, 2.05) is 0 Å². The van der Waals surface area contributed by atoms with E-state index in [-0.39, 0.29) is 12.4 Å². The fourth-order valence-corrected chi connectivity index (χ4v) is 0.790. The van der Waals surface area contributed by atoms with Gasteiger partial charge in [0.15, 0.2) is 0 Å². The quantitative estimate of drug-likeness (QED) is 0.758. The van der Waals surface area contributed by atoms with Crippen LogP contribution in [0.3, 0.4) is 0 Å². The lowest BCUT2D eigenvalue weighted by atomic mass is 10.1. The van der Waals surface area contributed by atoms with Crippen LogP contribution in [0, 0.1) is 0 Å². The van der Waals surface area contributed by atoms with Crippen LogP contribution in [0.4, 0.5) is 0 Å². The predicted octanol–water partition coefficient (Wildman–Crippen LogP) is 1.03. The molecule has 68 valence electrons. The monoisotopic (exact) mass is 190 g/mol. The number of carbonyl (C=O) groups is 1. The molecule has 1 rings (SSSR count). The molecule has 4 nitrogen and oxygen atoms in total. The Hall–Kier alpha value is -1.03. The minimum absolute atomic E-state index is 0. The molecule has 5 heteroatoms. The number of halogens is 1. The zero-order valence-electron chi connectivity index (χ0n) is 6.89. The van der Waals surface area contributed by atoms with E-state index >= 15 is 0 Å². The second-order valence-corrected chi connectivity index (χ2v) is 2.47. The van der Waals surface area contributed by atoms with Crippen molar-refractivity contribution in [2.24, 2.45) is 7.05 Å². The summed E-state index contributed by atoms with van der Waals surface area (Å²) in [5, 5.41) is 12.6. The highest BCUT2D eigenvalue weighted by atomic mass is 35.5. The van der Waals surface area contributed by atoms with Gasteiger partial charge >= 0.3 is 5.97 Å². The van der Waals surface area contributed by atoms with E-state index in [1.165, 1.54) is 0 Å². The number of hydrogen-bond acceptors (Lipinski definition) is 2. The van der Waals surface area contributed by atoms with Gasteiger partial charge in [0, 0.05) is 13.2 Å². The van der Waals surface area contributed by atoms with Crippen LogP contribution >= 0.6 is 12.4 Å². The smallest absolute Gasteiger partial charge is 0.312 e. The van der Waals surface area contributed by atoms with Gasteiger partial charge in [-0.3, -0.25) is 9.48 Å². The van der Waals surface area contributed by atoms with Gasteiger partial charge in [0.05, 0.1) is 11.6 Å². The Labute approximate surface area is 76.6 Å². The summed E-state index contributed by atoms with van der Waals surface area (Å²) < 4.78 is 1.59. The first-order chi connectivity index (χ1) is 5.11. The summed E-state index contributed by atoms with van der Waals surface area (Å²) in [6.07, 6.45) is 1.73. The molecule has 0 amide bonds. The lowest BCUT2D eigenvalue weighted by molar-refractivity contribution is -0.138. The average Bonchev–Trinajstić information content (AvgIpc) is 2.34. The van der Waals surface area contributed by atoms with Crippen LogP contribution in [0.25, 0.3) is 0 Å².